The summed E-state index contributed by atoms with van der Waals surface area (Å²) in [7, 11) is 0. The summed E-state index contributed by atoms with van der Waals surface area (Å²) in [5, 5.41) is 13.8. The molecule has 39 heavy (non-hydrogen) atoms. The number of likely N-dealkylation sites (tertiary alicyclic amines) is 1. The van der Waals surface area contributed by atoms with Crippen LogP contribution in [-0.4, -0.2) is 40.9 Å². The van der Waals surface area contributed by atoms with E-state index in [2.05, 4.69) is 65.5 Å². The maximum Gasteiger partial charge on any atom is 0.410 e. The highest BCUT2D eigenvalue weighted by atomic mass is 16.6. The first-order valence-electron chi connectivity index (χ1n) is 13.8. The number of amides is 1. The van der Waals surface area contributed by atoms with Crippen molar-refractivity contribution in [1.29, 1.82) is 5.26 Å². The van der Waals surface area contributed by atoms with Gasteiger partial charge in [0.05, 0.1) is 17.2 Å². The Hall–Kier alpha value is -3.79. The molecule has 0 radical (unpaired) electrons. The molecular formula is C32H38N4O3. The number of rotatable bonds is 7. The second-order valence-electron chi connectivity index (χ2n) is 12.0. The Labute approximate surface area is 231 Å². The standard InChI is InChI=1S/C32H38N4O3/c1-21-7-8-24(29-22(2)34-39-23(29)3)19-28(21)35(26-11-9-25(10-12-26)32(20-33)15-16-32)17-13-27-14-18-36(27)30(37)38-31(4,5)6/h7-12,19,27H,13-18H2,1-6H3. The van der Waals surface area contributed by atoms with E-state index in [0.29, 0.717) is 0 Å². The fourth-order valence-electron chi connectivity index (χ4n) is 5.47. The fourth-order valence-corrected chi connectivity index (χ4v) is 5.47. The molecule has 0 bridgehead atoms. The van der Waals surface area contributed by atoms with Crippen LogP contribution in [0.1, 0.15) is 69.0 Å². The minimum Gasteiger partial charge on any atom is -0.444 e. The first-order valence-corrected chi connectivity index (χ1v) is 13.8. The van der Waals surface area contributed by atoms with Crippen molar-refractivity contribution in [2.45, 2.75) is 84.3 Å². The predicted octanol–water partition coefficient (Wildman–Crippen LogP) is 7.36. The van der Waals surface area contributed by atoms with E-state index in [1.54, 1.807) is 0 Å². The molecule has 5 rings (SSSR count). The number of aromatic nitrogens is 1. The third kappa shape index (κ3) is 5.38. The number of nitriles is 1. The van der Waals surface area contributed by atoms with Gasteiger partial charge in [-0.3, -0.25) is 0 Å². The van der Waals surface area contributed by atoms with Gasteiger partial charge in [-0.2, -0.15) is 5.26 Å². The summed E-state index contributed by atoms with van der Waals surface area (Å²) in [4.78, 5) is 16.9. The zero-order valence-corrected chi connectivity index (χ0v) is 23.9. The number of hydrogen-bond acceptors (Lipinski definition) is 6. The van der Waals surface area contributed by atoms with Crippen LogP contribution >= 0.6 is 0 Å². The van der Waals surface area contributed by atoms with Crippen molar-refractivity contribution in [3.8, 4) is 17.2 Å². The Morgan fingerprint density at radius 1 is 1.18 bits per heavy atom. The summed E-state index contributed by atoms with van der Waals surface area (Å²) in [6.07, 6.45) is 3.39. The summed E-state index contributed by atoms with van der Waals surface area (Å²) in [5.74, 6) is 0.798. The number of anilines is 2. The Bertz CT molecular complexity index is 1390. The number of ether oxygens (including phenoxy) is 1. The van der Waals surface area contributed by atoms with Crippen LogP contribution < -0.4 is 4.90 Å². The predicted molar refractivity (Wildman–Crippen MR) is 152 cm³/mol. The van der Waals surface area contributed by atoms with E-state index in [0.717, 1.165) is 83.9 Å². The lowest BCUT2D eigenvalue weighted by atomic mass is 9.96. The zero-order chi connectivity index (χ0) is 27.9. The van der Waals surface area contributed by atoms with Crippen LogP contribution in [0.2, 0.25) is 0 Å². The van der Waals surface area contributed by atoms with E-state index in [1.165, 1.54) is 0 Å². The lowest BCUT2D eigenvalue weighted by Crippen LogP contribution is -2.53. The van der Waals surface area contributed by atoms with E-state index < -0.39 is 5.60 Å². The van der Waals surface area contributed by atoms with Gasteiger partial charge in [0.15, 0.2) is 0 Å². The molecule has 1 amide bonds. The van der Waals surface area contributed by atoms with Crippen LogP contribution in [0.5, 0.6) is 0 Å². The van der Waals surface area contributed by atoms with Crippen LogP contribution in [0.15, 0.2) is 47.0 Å². The number of carbonyl (C=O) groups excluding carboxylic acids is 1. The van der Waals surface area contributed by atoms with E-state index in [9.17, 15) is 10.1 Å². The van der Waals surface area contributed by atoms with Crippen molar-refractivity contribution < 1.29 is 14.1 Å². The molecule has 1 aliphatic carbocycles. The van der Waals surface area contributed by atoms with Crippen LogP contribution in [0, 0.1) is 32.1 Å². The van der Waals surface area contributed by atoms with Gasteiger partial charge in [0.25, 0.3) is 0 Å². The lowest BCUT2D eigenvalue weighted by molar-refractivity contribution is -0.00614. The molecule has 0 N–H and O–H groups in total. The van der Waals surface area contributed by atoms with Crippen molar-refractivity contribution in [3.05, 3.63) is 65.0 Å². The monoisotopic (exact) mass is 526 g/mol. The number of aryl methyl sites for hydroxylation is 3. The molecule has 1 atom stereocenters. The zero-order valence-electron chi connectivity index (χ0n) is 23.9. The number of carbonyl (C=O) groups is 1. The highest BCUT2D eigenvalue weighted by Crippen LogP contribution is 2.48. The summed E-state index contributed by atoms with van der Waals surface area (Å²) >= 11 is 0. The maximum atomic E-state index is 12.7. The van der Waals surface area contributed by atoms with Crippen LogP contribution in [0.3, 0.4) is 0 Å². The van der Waals surface area contributed by atoms with Crippen molar-refractivity contribution in [1.82, 2.24) is 10.1 Å². The summed E-state index contributed by atoms with van der Waals surface area (Å²) in [6, 6.07) is 17.6. The van der Waals surface area contributed by atoms with Crippen LogP contribution in [-0.2, 0) is 10.2 Å². The molecule has 7 heteroatoms. The smallest absolute Gasteiger partial charge is 0.410 e. The Balaban J connectivity index is 1.45. The largest absolute Gasteiger partial charge is 0.444 e. The summed E-state index contributed by atoms with van der Waals surface area (Å²) in [5.41, 5.74) is 6.53. The highest BCUT2D eigenvalue weighted by Gasteiger charge is 2.44. The molecule has 3 aromatic rings. The summed E-state index contributed by atoms with van der Waals surface area (Å²) in [6.45, 7) is 13.2. The molecule has 1 unspecified atom stereocenters. The Morgan fingerprint density at radius 2 is 1.90 bits per heavy atom. The number of nitrogens with zero attached hydrogens (tertiary/aromatic N) is 4. The molecule has 2 aromatic carbocycles. The lowest BCUT2D eigenvalue weighted by Gasteiger charge is -2.42. The van der Waals surface area contributed by atoms with E-state index in [1.807, 2.05) is 39.5 Å². The third-order valence-electron chi connectivity index (χ3n) is 7.98. The minimum absolute atomic E-state index is 0.140. The van der Waals surface area contributed by atoms with Gasteiger partial charge in [-0.15, -0.1) is 0 Å². The molecule has 1 aliphatic heterocycles. The molecule has 204 valence electrons. The molecule has 7 nitrogen and oxygen atoms in total. The topological polar surface area (TPSA) is 82.6 Å². The average Bonchev–Trinajstić information content (AvgIpc) is 3.59. The van der Waals surface area contributed by atoms with Gasteiger partial charge in [-0.25, -0.2) is 4.79 Å². The minimum atomic E-state index is -0.511. The van der Waals surface area contributed by atoms with Crippen molar-refractivity contribution in [3.63, 3.8) is 0 Å². The average molecular weight is 527 g/mol. The van der Waals surface area contributed by atoms with Gasteiger partial charge in [0.1, 0.15) is 11.4 Å². The number of hydrogen-bond donors (Lipinski definition) is 0. The molecule has 2 aliphatic rings. The Kier molecular flexibility index (Phi) is 6.92. The quantitative estimate of drug-likeness (QED) is 0.320. The summed E-state index contributed by atoms with van der Waals surface area (Å²) < 4.78 is 11.1. The Morgan fingerprint density at radius 3 is 2.44 bits per heavy atom. The maximum absolute atomic E-state index is 12.7. The molecule has 2 fully saturated rings. The fraction of sp³-hybridized carbons (Fsp3) is 0.469. The van der Waals surface area contributed by atoms with Crippen molar-refractivity contribution >= 4 is 17.5 Å². The second-order valence-corrected chi connectivity index (χ2v) is 12.0. The van der Waals surface area contributed by atoms with Crippen LogP contribution in [0.4, 0.5) is 16.2 Å². The molecule has 0 spiro atoms. The van der Waals surface area contributed by atoms with E-state index in [4.69, 9.17) is 9.26 Å². The van der Waals surface area contributed by atoms with Gasteiger partial charge < -0.3 is 19.1 Å². The third-order valence-corrected chi connectivity index (χ3v) is 7.98. The van der Waals surface area contributed by atoms with Gasteiger partial charge >= 0.3 is 6.09 Å². The van der Waals surface area contributed by atoms with Gasteiger partial charge in [-0.05, 0) is 102 Å². The molecule has 1 aromatic heterocycles. The first kappa shape index (κ1) is 26.8. The van der Waals surface area contributed by atoms with Crippen molar-refractivity contribution in [2.75, 3.05) is 18.0 Å². The first-order chi connectivity index (χ1) is 18.5. The molecular weight excluding hydrogens is 488 g/mol. The molecule has 2 heterocycles. The van der Waals surface area contributed by atoms with Crippen LogP contribution in [0.25, 0.3) is 11.1 Å². The SMILES string of the molecule is Cc1ccc(-c2c(C)noc2C)cc1N(CCC1CCN1C(=O)OC(C)(C)C)c1ccc(C2(C#N)CC2)cc1. The van der Waals surface area contributed by atoms with Gasteiger partial charge in [-0.1, -0.05) is 29.4 Å². The normalized spacial score (nSPS) is 17.8. The highest BCUT2D eigenvalue weighted by molar-refractivity contribution is 5.76. The van der Waals surface area contributed by atoms with Gasteiger partial charge in [0, 0.05) is 36.1 Å². The number of benzene rings is 2. The second kappa shape index (κ2) is 10.1. The molecule has 1 saturated carbocycles. The van der Waals surface area contributed by atoms with Gasteiger partial charge in [0.2, 0.25) is 0 Å². The van der Waals surface area contributed by atoms with E-state index in [-0.39, 0.29) is 17.6 Å². The van der Waals surface area contributed by atoms with Crippen molar-refractivity contribution in [2.24, 2.45) is 0 Å². The molecule has 1 saturated heterocycles. The van der Waals surface area contributed by atoms with E-state index >= 15 is 0 Å².